The number of carbonyl (C=O) groups is 2. The average Bonchev–Trinajstić information content (AvgIpc) is 2.74. The predicted octanol–water partition coefficient (Wildman–Crippen LogP) is 2.15. The number of aryl methyl sites for hydroxylation is 1. The molecule has 0 aliphatic carbocycles. The lowest BCUT2D eigenvalue weighted by atomic mass is 10.2. The first-order valence-corrected chi connectivity index (χ1v) is 11.5. The summed E-state index contributed by atoms with van der Waals surface area (Å²) in [5.74, 6) is -0.0858. The maximum absolute atomic E-state index is 12.5. The first-order valence-electron chi connectivity index (χ1n) is 10.1. The first kappa shape index (κ1) is 25.3. The first-order chi connectivity index (χ1) is 15.1. The number of likely N-dealkylation sites (N-methyl/N-ethyl adjacent to an activating group) is 1. The molecule has 0 aromatic heterocycles. The van der Waals surface area contributed by atoms with Gasteiger partial charge in [-0.05, 0) is 43.3 Å². The van der Waals surface area contributed by atoms with Crippen molar-refractivity contribution in [3.05, 3.63) is 48.0 Å². The molecule has 0 saturated heterocycles. The summed E-state index contributed by atoms with van der Waals surface area (Å²) in [7, 11) is 0.792. The van der Waals surface area contributed by atoms with Gasteiger partial charge >= 0.3 is 0 Å². The third-order valence-corrected chi connectivity index (χ3v) is 6.75. The summed E-state index contributed by atoms with van der Waals surface area (Å²) in [6.07, 6.45) is 0. The summed E-state index contributed by atoms with van der Waals surface area (Å²) in [6.45, 7) is 4.00. The fourth-order valence-electron chi connectivity index (χ4n) is 2.98. The molecule has 0 spiro atoms. The van der Waals surface area contributed by atoms with E-state index in [1.807, 2.05) is 6.92 Å². The van der Waals surface area contributed by atoms with Crippen LogP contribution in [0, 0.1) is 6.92 Å². The number of hydrogen-bond acceptors (Lipinski definition) is 6. The molecule has 2 N–H and O–H groups in total. The minimum Gasteiger partial charge on any atom is -0.495 e. The second-order valence-electron chi connectivity index (χ2n) is 7.37. The number of anilines is 2. The predicted molar refractivity (Wildman–Crippen MR) is 124 cm³/mol. The van der Waals surface area contributed by atoms with Crippen LogP contribution in [0.5, 0.6) is 5.75 Å². The molecule has 0 heterocycles. The number of para-hydroxylation sites is 2. The molecular weight excluding hydrogens is 432 g/mol. The van der Waals surface area contributed by atoms with Crippen molar-refractivity contribution in [3.63, 3.8) is 0 Å². The normalized spacial score (nSPS) is 11.5. The van der Waals surface area contributed by atoms with Gasteiger partial charge in [0.05, 0.1) is 30.8 Å². The number of methoxy groups -OCH3 is 1. The zero-order valence-electron chi connectivity index (χ0n) is 19.0. The molecule has 2 aromatic carbocycles. The van der Waals surface area contributed by atoms with Crippen LogP contribution in [0.4, 0.5) is 11.4 Å². The Bertz CT molecular complexity index is 1070. The van der Waals surface area contributed by atoms with Crippen molar-refractivity contribution < 1.29 is 22.7 Å². The fourth-order valence-corrected chi connectivity index (χ4v) is 4.12. The van der Waals surface area contributed by atoms with E-state index in [2.05, 4.69) is 10.6 Å². The van der Waals surface area contributed by atoms with Gasteiger partial charge in [-0.2, -0.15) is 0 Å². The van der Waals surface area contributed by atoms with Gasteiger partial charge in [0.15, 0.2) is 0 Å². The molecule has 0 aliphatic heterocycles. The van der Waals surface area contributed by atoms with Crippen molar-refractivity contribution in [1.82, 2.24) is 9.21 Å². The number of hydrogen-bond donors (Lipinski definition) is 2. The molecule has 2 amide bonds. The van der Waals surface area contributed by atoms with Crippen LogP contribution in [0.2, 0.25) is 0 Å². The van der Waals surface area contributed by atoms with E-state index in [-0.39, 0.29) is 29.8 Å². The molecule has 0 atom stereocenters. The van der Waals surface area contributed by atoms with E-state index < -0.39 is 10.0 Å². The number of nitrogens with one attached hydrogen (secondary N) is 2. The Kier molecular flexibility index (Phi) is 8.76. The Balaban J connectivity index is 2.02. The van der Waals surface area contributed by atoms with E-state index in [1.54, 1.807) is 48.2 Å². The van der Waals surface area contributed by atoms with Crippen LogP contribution in [0.25, 0.3) is 0 Å². The van der Waals surface area contributed by atoms with Crippen LogP contribution in [0.1, 0.15) is 12.5 Å². The quantitative estimate of drug-likeness (QED) is 0.560. The summed E-state index contributed by atoms with van der Waals surface area (Å²) >= 11 is 0. The van der Waals surface area contributed by atoms with E-state index >= 15 is 0 Å². The van der Waals surface area contributed by atoms with Gasteiger partial charge in [0.25, 0.3) is 0 Å². The molecule has 0 fully saturated rings. The van der Waals surface area contributed by atoms with Crippen LogP contribution in [0.15, 0.2) is 47.4 Å². The fraction of sp³-hybridized carbons (Fsp3) is 0.364. The maximum Gasteiger partial charge on any atom is 0.242 e. The Hall–Kier alpha value is -2.95. The molecule has 9 nitrogen and oxygen atoms in total. The highest BCUT2D eigenvalue weighted by atomic mass is 32.2. The highest BCUT2D eigenvalue weighted by Crippen LogP contribution is 2.23. The molecule has 2 rings (SSSR count). The summed E-state index contributed by atoms with van der Waals surface area (Å²) in [5.41, 5.74) is 1.50. The van der Waals surface area contributed by atoms with Crippen LogP contribution < -0.4 is 15.4 Å². The average molecular weight is 463 g/mol. The molecule has 0 unspecified atom stereocenters. The van der Waals surface area contributed by atoms with Gasteiger partial charge in [-0.3, -0.25) is 14.5 Å². The minimum atomic E-state index is -3.64. The topological polar surface area (TPSA) is 108 Å². The van der Waals surface area contributed by atoms with Crippen molar-refractivity contribution >= 4 is 33.2 Å². The van der Waals surface area contributed by atoms with Crippen molar-refractivity contribution in [2.75, 3.05) is 51.5 Å². The minimum absolute atomic E-state index is 0.0100. The van der Waals surface area contributed by atoms with Gasteiger partial charge < -0.3 is 15.4 Å². The SMILES string of the molecule is CCN(CC(=O)Nc1ccc(C)c(S(=O)(=O)N(C)C)c1)CC(=O)Nc1ccccc1OC. The zero-order valence-corrected chi connectivity index (χ0v) is 19.8. The molecule has 0 aliphatic rings. The second-order valence-corrected chi connectivity index (χ2v) is 9.49. The van der Waals surface area contributed by atoms with Gasteiger partial charge in [0.1, 0.15) is 5.75 Å². The number of benzene rings is 2. The van der Waals surface area contributed by atoms with Gasteiger partial charge in [-0.15, -0.1) is 0 Å². The summed E-state index contributed by atoms with van der Waals surface area (Å²) in [6, 6.07) is 11.8. The van der Waals surface area contributed by atoms with Crippen molar-refractivity contribution in [1.29, 1.82) is 0 Å². The Morgan fingerprint density at radius 2 is 1.62 bits per heavy atom. The summed E-state index contributed by atoms with van der Waals surface area (Å²) in [4.78, 5) is 26.8. The van der Waals surface area contributed by atoms with Crippen LogP contribution in [-0.4, -0.2) is 70.3 Å². The van der Waals surface area contributed by atoms with E-state index in [0.717, 1.165) is 4.31 Å². The lowest BCUT2D eigenvalue weighted by molar-refractivity contribution is -0.119. The third-order valence-electron chi connectivity index (χ3n) is 4.79. The molecule has 32 heavy (non-hydrogen) atoms. The Morgan fingerprint density at radius 1 is 1.00 bits per heavy atom. The number of sulfonamides is 1. The second kappa shape index (κ2) is 11.1. The standard InChI is InChI=1S/C22H30N4O5S/c1-6-26(15-22(28)24-18-9-7-8-10-19(18)31-5)14-21(27)23-17-12-11-16(2)20(13-17)32(29,30)25(3)4/h7-13H,6,14-15H2,1-5H3,(H,23,27)(H,24,28). The number of ether oxygens (including phenoxy) is 1. The van der Waals surface area contributed by atoms with Crippen LogP contribution >= 0.6 is 0 Å². The van der Waals surface area contributed by atoms with Crippen molar-refractivity contribution in [3.8, 4) is 5.75 Å². The molecule has 2 aromatic rings. The van der Waals surface area contributed by atoms with Crippen LogP contribution in [0.3, 0.4) is 0 Å². The zero-order chi connectivity index (χ0) is 23.9. The maximum atomic E-state index is 12.5. The molecule has 174 valence electrons. The van der Waals surface area contributed by atoms with Gasteiger partial charge in [-0.25, -0.2) is 12.7 Å². The van der Waals surface area contributed by atoms with E-state index in [0.29, 0.717) is 29.2 Å². The lowest BCUT2D eigenvalue weighted by Gasteiger charge is -2.20. The molecule has 0 radical (unpaired) electrons. The smallest absolute Gasteiger partial charge is 0.242 e. The highest BCUT2D eigenvalue weighted by Gasteiger charge is 2.21. The van der Waals surface area contributed by atoms with Crippen LogP contribution in [-0.2, 0) is 19.6 Å². The van der Waals surface area contributed by atoms with E-state index in [1.165, 1.54) is 27.3 Å². The van der Waals surface area contributed by atoms with Crippen molar-refractivity contribution in [2.45, 2.75) is 18.7 Å². The van der Waals surface area contributed by atoms with E-state index in [9.17, 15) is 18.0 Å². The summed E-state index contributed by atoms with van der Waals surface area (Å²) < 4.78 is 31.3. The van der Waals surface area contributed by atoms with E-state index in [4.69, 9.17) is 4.74 Å². The van der Waals surface area contributed by atoms with Gasteiger partial charge in [0.2, 0.25) is 21.8 Å². The molecule has 0 saturated carbocycles. The number of rotatable bonds is 10. The van der Waals surface area contributed by atoms with Crippen molar-refractivity contribution in [2.24, 2.45) is 0 Å². The number of amides is 2. The Labute approximate surface area is 189 Å². The highest BCUT2D eigenvalue weighted by molar-refractivity contribution is 7.89. The molecule has 0 bridgehead atoms. The largest absolute Gasteiger partial charge is 0.495 e. The molecule has 10 heteroatoms. The summed E-state index contributed by atoms with van der Waals surface area (Å²) in [5, 5.41) is 5.49. The number of carbonyl (C=O) groups excluding carboxylic acids is 2. The van der Waals surface area contributed by atoms with Gasteiger partial charge in [-0.1, -0.05) is 25.1 Å². The van der Waals surface area contributed by atoms with Gasteiger partial charge in [0, 0.05) is 19.8 Å². The third kappa shape index (κ3) is 6.52. The molecular formula is C22H30N4O5S. The monoisotopic (exact) mass is 462 g/mol. The number of nitrogens with zero attached hydrogens (tertiary/aromatic N) is 2. The Morgan fingerprint density at radius 3 is 2.22 bits per heavy atom. The lowest BCUT2D eigenvalue weighted by Crippen LogP contribution is -2.38.